The molecule has 0 aliphatic heterocycles. The van der Waals surface area contributed by atoms with Crippen LogP contribution in [0.5, 0.6) is 11.5 Å². The predicted molar refractivity (Wildman–Crippen MR) is 122 cm³/mol. The minimum Gasteiger partial charge on any atom is -0.503 e. The molecule has 0 unspecified atom stereocenters. The summed E-state index contributed by atoms with van der Waals surface area (Å²) < 4.78 is 35.4. The molecule has 176 valence electrons. The van der Waals surface area contributed by atoms with E-state index in [1.54, 1.807) is 36.4 Å². The first-order valence-corrected chi connectivity index (χ1v) is 10.1. The molecule has 3 aromatic rings. The molecule has 0 radical (unpaired) electrons. The van der Waals surface area contributed by atoms with Crippen molar-refractivity contribution < 1.29 is 33.1 Å². The molecule has 0 spiro atoms. The van der Waals surface area contributed by atoms with E-state index < -0.39 is 16.7 Å². The fourth-order valence-corrected chi connectivity index (χ4v) is 3.10. The second kappa shape index (κ2) is 11.5. The highest BCUT2D eigenvalue weighted by Gasteiger charge is 2.17. The average Bonchev–Trinajstić information content (AvgIpc) is 2.84. The number of nitrogens with zero attached hydrogens (tertiary/aromatic N) is 1. The van der Waals surface area contributed by atoms with E-state index in [9.17, 15) is 19.3 Å². The van der Waals surface area contributed by atoms with Gasteiger partial charge in [0.1, 0.15) is 36.1 Å². The van der Waals surface area contributed by atoms with Gasteiger partial charge in [-0.25, -0.2) is 9.18 Å². The van der Waals surface area contributed by atoms with Gasteiger partial charge in [-0.1, -0.05) is 24.3 Å². The number of carbonyl (C=O) groups excluding carboxylic acids is 1. The van der Waals surface area contributed by atoms with Crippen LogP contribution in [0, 0.1) is 15.9 Å². The van der Waals surface area contributed by atoms with Crippen LogP contribution in [-0.4, -0.2) is 25.1 Å². The highest BCUT2D eigenvalue weighted by molar-refractivity contribution is 6.16. The zero-order valence-corrected chi connectivity index (χ0v) is 18.5. The number of nitro groups is 1. The second-order valence-corrected chi connectivity index (χ2v) is 7.04. The molecule has 3 rings (SSSR count). The minimum atomic E-state index is -0.568. The Labute approximate surface area is 195 Å². The van der Waals surface area contributed by atoms with Crippen molar-refractivity contribution >= 4 is 17.2 Å². The fourth-order valence-electron chi connectivity index (χ4n) is 3.10. The van der Waals surface area contributed by atoms with Crippen molar-refractivity contribution in [3.63, 3.8) is 0 Å². The van der Waals surface area contributed by atoms with E-state index in [4.69, 9.17) is 18.9 Å². The summed E-state index contributed by atoms with van der Waals surface area (Å²) in [7, 11) is 2.70. The van der Waals surface area contributed by atoms with Crippen molar-refractivity contribution in [2.24, 2.45) is 0 Å². The monoisotopic (exact) mass is 467 g/mol. The number of benzene rings is 3. The third-order valence-corrected chi connectivity index (χ3v) is 4.74. The third-order valence-electron chi connectivity index (χ3n) is 4.74. The SMILES string of the molecule is CO/C=C(/C(=O)OC)c1ccccc1COc1cc(F)cc(OCc2ccc([N+](=O)[O-])cc2)c1. The standard InChI is InChI=1S/C25H22FNO7/c1-31-16-24(25(28)32-2)23-6-4-3-5-18(23)15-34-22-12-19(26)11-21(13-22)33-14-17-7-9-20(10-8-17)27(29)30/h3-13,16H,14-15H2,1-2H3/b24-16+. The molecule has 3 aromatic carbocycles. The molecule has 0 bridgehead atoms. The van der Waals surface area contributed by atoms with Gasteiger partial charge < -0.3 is 18.9 Å². The van der Waals surface area contributed by atoms with Gasteiger partial charge in [0.2, 0.25) is 0 Å². The Balaban J connectivity index is 1.72. The molecule has 0 saturated heterocycles. The fraction of sp³-hybridized carbons (Fsp3) is 0.160. The largest absolute Gasteiger partial charge is 0.503 e. The van der Waals surface area contributed by atoms with Crippen LogP contribution in [-0.2, 0) is 27.5 Å². The molecule has 8 nitrogen and oxygen atoms in total. The lowest BCUT2D eigenvalue weighted by molar-refractivity contribution is -0.384. The first-order chi connectivity index (χ1) is 16.4. The van der Waals surface area contributed by atoms with Gasteiger partial charge in [0, 0.05) is 30.3 Å². The van der Waals surface area contributed by atoms with E-state index in [2.05, 4.69) is 0 Å². The minimum absolute atomic E-state index is 0.0267. The zero-order chi connectivity index (χ0) is 24.5. The van der Waals surface area contributed by atoms with Crippen LogP contribution in [0.4, 0.5) is 10.1 Å². The van der Waals surface area contributed by atoms with E-state index in [-0.39, 0.29) is 36.0 Å². The summed E-state index contributed by atoms with van der Waals surface area (Å²) in [5.41, 5.74) is 2.10. The van der Waals surface area contributed by atoms with Crippen LogP contribution in [0.15, 0.2) is 73.0 Å². The lowest BCUT2D eigenvalue weighted by Gasteiger charge is -2.14. The molecule has 0 fully saturated rings. The van der Waals surface area contributed by atoms with Crippen molar-refractivity contribution in [2.75, 3.05) is 14.2 Å². The maximum absolute atomic E-state index is 14.2. The lowest BCUT2D eigenvalue weighted by Crippen LogP contribution is -2.08. The van der Waals surface area contributed by atoms with E-state index in [1.165, 1.54) is 50.8 Å². The number of esters is 1. The summed E-state index contributed by atoms with van der Waals surface area (Å²) >= 11 is 0. The molecule has 0 heterocycles. The third kappa shape index (κ3) is 6.32. The molecule has 0 amide bonds. The number of methoxy groups -OCH3 is 2. The summed E-state index contributed by atoms with van der Waals surface area (Å²) in [5.74, 6) is -0.666. The van der Waals surface area contributed by atoms with E-state index in [1.807, 2.05) is 0 Å². The number of halogens is 1. The summed E-state index contributed by atoms with van der Waals surface area (Å²) in [6.45, 7) is 0.132. The summed E-state index contributed by atoms with van der Waals surface area (Å²) in [6.07, 6.45) is 1.29. The van der Waals surface area contributed by atoms with Crippen LogP contribution < -0.4 is 9.47 Å². The summed E-state index contributed by atoms with van der Waals surface area (Å²) in [6, 6.07) is 16.9. The summed E-state index contributed by atoms with van der Waals surface area (Å²) in [4.78, 5) is 22.4. The molecule has 0 atom stereocenters. The van der Waals surface area contributed by atoms with Crippen LogP contribution in [0.1, 0.15) is 16.7 Å². The molecule has 0 saturated carbocycles. The number of rotatable bonds is 10. The van der Waals surface area contributed by atoms with Crippen molar-refractivity contribution in [2.45, 2.75) is 13.2 Å². The van der Waals surface area contributed by atoms with Crippen molar-refractivity contribution in [1.82, 2.24) is 0 Å². The molecular formula is C25H22FNO7. The Morgan fingerprint density at radius 1 is 0.971 bits per heavy atom. The van der Waals surface area contributed by atoms with Gasteiger partial charge in [0.25, 0.3) is 5.69 Å². The zero-order valence-electron chi connectivity index (χ0n) is 18.5. The molecule has 9 heteroatoms. The molecule has 0 aliphatic rings. The Hall–Kier alpha value is -4.40. The smallest absolute Gasteiger partial charge is 0.341 e. The van der Waals surface area contributed by atoms with Gasteiger partial charge in [-0.2, -0.15) is 0 Å². The Bertz CT molecular complexity index is 1190. The highest BCUT2D eigenvalue weighted by Crippen LogP contribution is 2.26. The van der Waals surface area contributed by atoms with Crippen molar-refractivity contribution in [1.29, 1.82) is 0 Å². The van der Waals surface area contributed by atoms with Gasteiger partial charge in [-0.05, 0) is 28.8 Å². The van der Waals surface area contributed by atoms with Gasteiger partial charge in [-0.3, -0.25) is 10.1 Å². The number of non-ortho nitro benzene ring substituents is 1. The number of carbonyl (C=O) groups is 1. The topological polar surface area (TPSA) is 97.1 Å². The quantitative estimate of drug-likeness (QED) is 0.135. The number of ether oxygens (including phenoxy) is 4. The van der Waals surface area contributed by atoms with Crippen LogP contribution >= 0.6 is 0 Å². The molecular weight excluding hydrogens is 445 g/mol. The van der Waals surface area contributed by atoms with Gasteiger partial charge in [-0.15, -0.1) is 0 Å². The maximum Gasteiger partial charge on any atom is 0.341 e. The van der Waals surface area contributed by atoms with E-state index >= 15 is 0 Å². The predicted octanol–water partition coefficient (Wildman–Crippen LogP) is 5.05. The second-order valence-electron chi connectivity index (χ2n) is 7.04. The van der Waals surface area contributed by atoms with Crippen LogP contribution in [0.2, 0.25) is 0 Å². The van der Waals surface area contributed by atoms with Gasteiger partial charge in [0.15, 0.2) is 0 Å². The highest BCUT2D eigenvalue weighted by atomic mass is 19.1. The molecule has 0 N–H and O–H groups in total. The number of hydrogen-bond acceptors (Lipinski definition) is 7. The van der Waals surface area contributed by atoms with Crippen LogP contribution in [0.3, 0.4) is 0 Å². The van der Waals surface area contributed by atoms with Crippen molar-refractivity contribution in [3.8, 4) is 11.5 Å². The first-order valence-electron chi connectivity index (χ1n) is 10.1. The molecule has 34 heavy (non-hydrogen) atoms. The molecule has 0 aliphatic carbocycles. The Morgan fingerprint density at radius 3 is 2.24 bits per heavy atom. The Kier molecular flexibility index (Phi) is 8.17. The van der Waals surface area contributed by atoms with Crippen LogP contribution in [0.25, 0.3) is 5.57 Å². The number of hydrogen-bond donors (Lipinski definition) is 0. The Morgan fingerprint density at radius 2 is 1.62 bits per heavy atom. The van der Waals surface area contributed by atoms with Crippen molar-refractivity contribution in [3.05, 3.63) is 106 Å². The lowest BCUT2D eigenvalue weighted by atomic mass is 10.0. The van der Waals surface area contributed by atoms with E-state index in [0.29, 0.717) is 16.7 Å². The molecule has 0 aromatic heterocycles. The average molecular weight is 467 g/mol. The van der Waals surface area contributed by atoms with Gasteiger partial charge in [0.05, 0.1) is 25.4 Å². The number of nitro benzene ring substituents is 1. The summed E-state index contributed by atoms with van der Waals surface area (Å²) in [5, 5.41) is 10.8. The van der Waals surface area contributed by atoms with E-state index in [0.717, 1.165) is 0 Å². The maximum atomic E-state index is 14.2. The first kappa shape index (κ1) is 24.2. The normalized spacial score (nSPS) is 11.0. The van der Waals surface area contributed by atoms with Gasteiger partial charge >= 0.3 is 5.97 Å².